The van der Waals surface area contributed by atoms with Crippen LogP contribution in [0, 0.1) is 5.92 Å². The summed E-state index contributed by atoms with van der Waals surface area (Å²) < 4.78 is 0. The van der Waals surface area contributed by atoms with Gasteiger partial charge in [-0.25, -0.2) is 0 Å². The molecule has 0 aliphatic rings. The predicted octanol–water partition coefficient (Wildman–Crippen LogP) is 3.95. The van der Waals surface area contributed by atoms with Gasteiger partial charge in [0.2, 0.25) is 0 Å². The third-order valence-electron chi connectivity index (χ3n) is 2.63. The fourth-order valence-electron chi connectivity index (χ4n) is 1.82. The lowest BCUT2D eigenvalue weighted by Crippen LogP contribution is -2.37. The van der Waals surface area contributed by atoms with E-state index in [-0.39, 0.29) is 11.9 Å². The van der Waals surface area contributed by atoms with Gasteiger partial charge in [0.25, 0.3) is 5.91 Å². The number of thioether (sulfide) groups is 1. The number of benzene rings is 1. The first-order valence-corrected chi connectivity index (χ1v) is 8.43. The van der Waals surface area contributed by atoms with Crippen LogP contribution in [0.15, 0.2) is 29.2 Å². The molecular weight excluding hydrogens is 310 g/mol. The molecule has 0 aliphatic heterocycles. The first-order valence-electron chi connectivity index (χ1n) is 6.08. The summed E-state index contributed by atoms with van der Waals surface area (Å²) in [6.45, 7) is 4.33. The van der Waals surface area contributed by atoms with Gasteiger partial charge in [0.1, 0.15) is 0 Å². The number of rotatable bonds is 6. The summed E-state index contributed by atoms with van der Waals surface area (Å²) in [5.74, 6) is 0.591. The maximum atomic E-state index is 12.2. The number of carbonyl (C=O) groups is 1. The highest BCUT2D eigenvalue weighted by Crippen LogP contribution is 2.20. The number of carbonyl (C=O) groups excluding carboxylic acids is 1. The van der Waals surface area contributed by atoms with Gasteiger partial charge in [0.05, 0.1) is 5.56 Å². The van der Waals surface area contributed by atoms with Crippen molar-refractivity contribution in [3.05, 3.63) is 29.8 Å². The van der Waals surface area contributed by atoms with Crippen molar-refractivity contribution in [2.45, 2.75) is 31.2 Å². The molecule has 0 fully saturated rings. The minimum atomic E-state index is 0.0186. The smallest absolute Gasteiger partial charge is 0.252 e. The van der Waals surface area contributed by atoms with Crippen molar-refractivity contribution in [3.63, 3.8) is 0 Å². The average Bonchev–Trinajstić information content (AvgIpc) is 2.37. The molecule has 1 aromatic carbocycles. The van der Waals surface area contributed by atoms with Crippen LogP contribution >= 0.6 is 27.7 Å². The van der Waals surface area contributed by atoms with E-state index in [1.807, 2.05) is 30.5 Å². The lowest BCUT2D eigenvalue weighted by atomic mass is 10.0. The molecule has 0 bridgehead atoms. The molecule has 1 aromatic rings. The standard InChI is InChI=1S/C14H20BrNOS/c1-10(2)8-11(9-15)16-14(17)12-6-4-5-7-13(12)18-3/h4-7,10-11H,8-9H2,1-3H3,(H,16,17). The van der Waals surface area contributed by atoms with E-state index in [1.165, 1.54) is 0 Å². The predicted molar refractivity (Wildman–Crippen MR) is 82.7 cm³/mol. The summed E-state index contributed by atoms with van der Waals surface area (Å²) in [6, 6.07) is 7.90. The Balaban J connectivity index is 2.74. The topological polar surface area (TPSA) is 29.1 Å². The second-order valence-corrected chi connectivity index (χ2v) is 6.15. The van der Waals surface area contributed by atoms with Gasteiger partial charge in [-0.05, 0) is 30.7 Å². The van der Waals surface area contributed by atoms with Crippen molar-refractivity contribution in [2.24, 2.45) is 5.92 Å². The number of hydrogen-bond acceptors (Lipinski definition) is 2. The van der Waals surface area contributed by atoms with E-state index in [2.05, 4.69) is 35.1 Å². The summed E-state index contributed by atoms with van der Waals surface area (Å²) in [5, 5.41) is 3.88. The summed E-state index contributed by atoms with van der Waals surface area (Å²) in [4.78, 5) is 13.3. The van der Waals surface area contributed by atoms with Crippen LogP contribution in [0.1, 0.15) is 30.6 Å². The van der Waals surface area contributed by atoms with Gasteiger partial charge < -0.3 is 5.32 Å². The molecule has 0 aromatic heterocycles. The molecule has 0 saturated heterocycles. The van der Waals surface area contributed by atoms with Gasteiger partial charge in [-0.15, -0.1) is 11.8 Å². The first-order chi connectivity index (χ1) is 8.58. The lowest BCUT2D eigenvalue weighted by molar-refractivity contribution is 0.0934. The van der Waals surface area contributed by atoms with Crippen LogP contribution in [0.4, 0.5) is 0 Å². The molecule has 100 valence electrons. The van der Waals surface area contributed by atoms with E-state index in [4.69, 9.17) is 0 Å². The molecule has 1 amide bonds. The molecular formula is C14H20BrNOS. The molecule has 1 unspecified atom stereocenters. The van der Waals surface area contributed by atoms with Gasteiger partial charge >= 0.3 is 0 Å². The molecule has 2 nitrogen and oxygen atoms in total. The molecule has 0 radical (unpaired) electrons. The molecule has 0 heterocycles. The second-order valence-electron chi connectivity index (χ2n) is 4.65. The minimum Gasteiger partial charge on any atom is -0.348 e. The van der Waals surface area contributed by atoms with E-state index in [1.54, 1.807) is 11.8 Å². The SMILES string of the molecule is CSc1ccccc1C(=O)NC(CBr)CC(C)C. The van der Waals surface area contributed by atoms with E-state index in [0.717, 1.165) is 22.2 Å². The van der Waals surface area contributed by atoms with Crippen LogP contribution in [0.3, 0.4) is 0 Å². The Morgan fingerprint density at radius 3 is 2.61 bits per heavy atom. The Morgan fingerprint density at radius 2 is 2.06 bits per heavy atom. The quantitative estimate of drug-likeness (QED) is 0.632. The zero-order valence-corrected chi connectivity index (χ0v) is 13.5. The van der Waals surface area contributed by atoms with Crippen LogP contribution in [0.25, 0.3) is 0 Å². The number of amides is 1. The molecule has 0 spiro atoms. The van der Waals surface area contributed by atoms with Crippen molar-refractivity contribution in [1.29, 1.82) is 0 Å². The molecule has 4 heteroatoms. The zero-order chi connectivity index (χ0) is 13.5. The Kier molecular flexibility index (Phi) is 6.79. The van der Waals surface area contributed by atoms with Crippen molar-refractivity contribution in [2.75, 3.05) is 11.6 Å². The fourth-order valence-corrected chi connectivity index (χ4v) is 2.85. The van der Waals surface area contributed by atoms with E-state index in [0.29, 0.717) is 5.92 Å². The van der Waals surface area contributed by atoms with Crippen molar-refractivity contribution in [1.82, 2.24) is 5.32 Å². The summed E-state index contributed by atoms with van der Waals surface area (Å²) in [5.41, 5.74) is 0.764. The molecule has 1 N–H and O–H groups in total. The van der Waals surface area contributed by atoms with E-state index in [9.17, 15) is 4.79 Å². The van der Waals surface area contributed by atoms with Gasteiger partial charge in [0.15, 0.2) is 0 Å². The Bertz CT molecular complexity index is 395. The Morgan fingerprint density at radius 1 is 1.39 bits per heavy atom. The minimum absolute atomic E-state index is 0.0186. The molecule has 0 saturated carbocycles. The normalized spacial score (nSPS) is 12.5. The largest absolute Gasteiger partial charge is 0.348 e. The van der Waals surface area contributed by atoms with Gasteiger partial charge in [-0.1, -0.05) is 41.9 Å². The lowest BCUT2D eigenvalue weighted by Gasteiger charge is -2.19. The van der Waals surface area contributed by atoms with E-state index >= 15 is 0 Å². The second kappa shape index (κ2) is 7.85. The first kappa shape index (κ1) is 15.6. The molecule has 1 atom stereocenters. The fraction of sp³-hybridized carbons (Fsp3) is 0.500. The number of hydrogen-bond donors (Lipinski definition) is 1. The van der Waals surface area contributed by atoms with Crippen LogP contribution < -0.4 is 5.32 Å². The monoisotopic (exact) mass is 329 g/mol. The third-order valence-corrected chi connectivity index (χ3v) is 4.21. The van der Waals surface area contributed by atoms with Gasteiger partial charge in [-0.3, -0.25) is 4.79 Å². The highest BCUT2D eigenvalue weighted by atomic mass is 79.9. The van der Waals surface area contributed by atoms with Crippen LogP contribution in [-0.2, 0) is 0 Å². The highest BCUT2D eigenvalue weighted by molar-refractivity contribution is 9.09. The number of nitrogens with one attached hydrogen (secondary N) is 1. The average molecular weight is 330 g/mol. The van der Waals surface area contributed by atoms with Gasteiger partial charge in [0, 0.05) is 16.3 Å². The summed E-state index contributed by atoms with van der Waals surface area (Å²) in [6.07, 6.45) is 2.97. The summed E-state index contributed by atoms with van der Waals surface area (Å²) >= 11 is 5.06. The third kappa shape index (κ3) is 4.65. The maximum absolute atomic E-state index is 12.2. The van der Waals surface area contributed by atoms with Crippen molar-refractivity contribution >= 4 is 33.6 Å². The van der Waals surface area contributed by atoms with Crippen molar-refractivity contribution < 1.29 is 4.79 Å². The van der Waals surface area contributed by atoms with E-state index < -0.39 is 0 Å². The zero-order valence-electron chi connectivity index (χ0n) is 11.1. The number of alkyl halides is 1. The number of halogens is 1. The van der Waals surface area contributed by atoms with Crippen LogP contribution in [0.5, 0.6) is 0 Å². The summed E-state index contributed by atoms with van der Waals surface area (Å²) in [7, 11) is 0. The van der Waals surface area contributed by atoms with Crippen molar-refractivity contribution in [3.8, 4) is 0 Å². The van der Waals surface area contributed by atoms with Gasteiger partial charge in [-0.2, -0.15) is 0 Å². The van der Waals surface area contributed by atoms with Crippen LogP contribution in [-0.4, -0.2) is 23.5 Å². The van der Waals surface area contributed by atoms with Crippen LogP contribution in [0.2, 0.25) is 0 Å². The molecule has 18 heavy (non-hydrogen) atoms. The Hall–Kier alpha value is -0.480. The Labute approximate surface area is 122 Å². The molecule has 1 rings (SSSR count). The maximum Gasteiger partial charge on any atom is 0.252 e. The molecule has 0 aliphatic carbocycles. The highest BCUT2D eigenvalue weighted by Gasteiger charge is 2.16.